The van der Waals surface area contributed by atoms with Crippen molar-refractivity contribution >= 4 is 17.2 Å². The molecule has 0 spiro atoms. The maximum atomic E-state index is 13.4. The summed E-state index contributed by atoms with van der Waals surface area (Å²) in [5.41, 5.74) is 0. The van der Waals surface area contributed by atoms with Crippen LogP contribution in [0.4, 0.5) is 19.0 Å². The molecule has 0 saturated heterocycles. The van der Waals surface area contributed by atoms with Gasteiger partial charge in [0, 0.05) is 18.0 Å². The Hall–Kier alpha value is -1.56. The molecular formula is C11H9F3N2S. The van der Waals surface area contributed by atoms with Crippen LogP contribution >= 0.6 is 11.3 Å². The van der Waals surface area contributed by atoms with E-state index in [1.54, 1.807) is 7.05 Å². The van der Waals surface area contributed by atoms with Gasteiger partial charge in [-0.25, -0.2) is 8.78 Å². The molecule has 0 amide bonds. The standard InChI is InChI=1S/C11H9F3N2S/c1-16(6-7-3-2-4-17-7)11-9(13)5-8(12)10(14)15-11/h2-5H,6H2,1H3. The van der Waals surface area contributed by atoms with E-state index < -0.39 is 17.6 Å². The van der Waals surface area contributed by atoms with Gasteiger partial charge < -0.3 is 4.90 Å². The summed E-state index contributed by atoms with van der Waals surface area (Å²) in [6, 6.07) is 4.24. The summed E-state index contributed by atoms with van der Waals surface area (Å²) in [4.78, 5) is 5.69. The Morgan fingerprint density at radius 1 is 1.29 bits per heavy atom. The van der Waals surface area contributed by atoms with Crippen LogP contribution in [0.5, 0.6) is 0 Å². The Balaban J connectivity index is 2.24. The van der Waals surface area contributed by atoms with Crippen molar-refractivity contribution in [2.75, 3.05) is 11.9 Å². The number of anilines is 1. The third kappa shape index (κ3) is 2.58. The van der Waals surface area contributed by atoms with Gasteiger partial charge in [-0.3, -0.25) is 0 Å². The Kier molecular flexibility index (Phi) is 3.33. The summed E-state index contributed by atoms with van der Waals surface area (Å²) in [5, 5.41) is 1.89. The number of aromatic nitrogens is 1. The summed E-state index contributed by atoms with van der Waals surface area (Å²) in [5.74, 6) is -3.64. The predicted octanol–water partition coefficient (Wildman–Crippen LogP) is 3.20. The lowest BCUT2D eigenvalue weighted by molar-refractivity contribution is 0.463. The highest BCUT2D eigenvalue weighted by Crippen LogP contribution is 2.20. The molecule has 0 atom stereocenters. The van der Waals surface area contributed by atoms with Crippen LogP contribution < -0.4 is 4.90 Å². The smallest absolute Gasteiger partial charge is 0.251 e. The summed E-state index contributed by atoms with van der Waals surface area (Å²) < 4.78 is 39.0. The van der Waals surface area contributed by atoms with E-state index in [-0.39, 0.29) is 5.82 Å². The van der Waals surface area contributed by atoms with Crippen molar-refractivity contribution in [3.8, 4) is 0 Å². The Labute approximate surface area is 100 Å². The van der Waals surface area contributed by atoms with Crippen molar-refractivity contribution in [1.29, 1.82) is 0 Å². The van der Waals surface area contributed by atoms with Crippen molar-refractivity contribution in [1.82, 2.24) is 4.98 Å². The van der Waals surface area contributed by atoms with Crippen molar-refractivity contribution in [3.05, 3.63) is 46.0 Å². The SMILES string of the molecule is CN(Cc1cccs1)c1nc(F)c(F)cc1F. The van der Waals surface area contributed by atoms with Gasteiger partial charge in [0.25, 0.3) is 5.95 Å². The molecule has 0 aliphatic carbocycles. The Morgan fingerprint density at radius 3 is 2.71 bits per heavy atom. The number of thiophene rings is 1. The van der Waals surface area contributed by atoms with Gasteiger partial charge in [0.15, 0.2) is 17.5 Å². The summed E-state index contributed by atoms with van der Waals surface area (Å²) in [6.45, 7) is 0.395. The number of nitrogens with zero attached hydrogens (tertiary/aromatic N) is 2. The molecule has 2 rings (SSSR count). The first-order valence-electron chi connectivity index (χ1n) is 4.83. The van der Waals surface area contributed by atoms with Gasteiger partial charge >= 0.3 is 0 Å². The lowest BCUT2D eigenvalue weighted by atomic mass is 10.3. The monoisotopic (exact) mass is 258 g/mol. The quantitative estimate of drug-likeness (QED) is 0.786. The third-order valence-corrected chi connectivity index (χ3v) is 3.06. The summed E-state index contributed by atoms with van der Waals surface area (Å²) >= 11 is 1.50. The minimum absolute atomic E-state index is 0.197. The van der Waals surface area contributed by atoms with Crippen molar-refractivity contribution in [2.45, 2.75) is 6.54 Å². The second-order valence-corrected chi connectivity index (χ2v) is 4.53. The van der Waals surface area contributed by atoms with Crippen molar-refractivity contribution in [2.24, 2.45) is 0 Å². The van der Waals surface area contributed by atoms with Crippen LogP contribution in [0.15, 0.2) is 23.6 Å². The summed E-state index contributed by atoms with van der Waals surface area (Å²) in [6.07, 6.45) is 0. The molecule has 0 aliphatic heterocycles. The molecule has 0 aliphatic rings. The van der Waals surface area contributed by atoms with E-state index in [1.807, 2.05) is 17.5 Å². The molecule has 0 radical (unpaired) electrons. The van der Waals surface area contributed by atoms with E-state index in [0.717, 1.165) is 4.88 Å². The number of pyridine rings is 1. The molecular weight excluding hydrogens is 249 g/mol. The maximum absolute atomic E-state index is 13.4. The van der Waals surface area contributed by atoms with E-state index in [2.05, 4.69) is 4.98 Å². The first kappa shape index (κ1) is 11.9. The van der Waals surface area contributed by atoms with Gasteiger partial charge in [0.05, 0.1) is 6.54 Å². The minimum atomic E-state index is -1.29. The lowest BCUT2D eigenvalue weighted by Crippen LogP contribution is -2.19. The molecule has 6 heteroatoms. The first-order chi connectivity index (χ1) is 8.08. The van der Waals surface area contributed by atoms with Crippen LogP contribution in [0.1, 0.15) is 4.88 Å². The lowest BCUT2D eigenvalue weighted by Gasteiger charge is -2.17. The molecule has 0 fully saturated rings. The fourth-order valence-corrected chi connectivity index (χ4v) is 2.17. The van der Waals surface area contributed by atoms with Crippen LogP contribution in [0.25, 0.3) is 0 Å². The summed E-state index contributed by atoms with van der Waals surface area (Å²) in [7, 11) is 1.57. The van der Waals surface area contributed by atoms with Crippen LogP contribution in [-0.2, 0) is 6.54 Å². The highest BCUT2D eigenvalue weighted by Gasteiger charge is 2.15. The fourth-order valence-electron chi connectivity index (χ4n) is 1.41. The van der Waals surface area contributed by atoms with Gasteiger partial charge in [-0.15, -0.1) is 11.3 Å². The van der Waals surface area contributed by atoms with Gasteiger partial charge in [0.1, 0.15) is 0 Å². The van der Waals surface area contributed by atoms with Gasteiger partial charge in [-0.2, -0.15) is 9.37 Å². The topological polar surface area (TPSA) is 16.1 Å². The molecule has 0 saturated carbocycles. The average molecular weight is 258 g/mol. The van der Waals surface area contributed by atoms with E-state index in [0.29, 0.717) is 12.6 Å². The van der Waals surface area contributed by atoms with Crippen LogP contribution in [0, 0.1) is 17.6 Å². The van der Waals surface area contributed by atoms with Crippen LogP contribution in [0.3, 0.4) is 0 Å². The van der Waals surface area contributed by atoms with E-state index >= 15 is 0 Å². The Bertz CT molecular complexity index is 514. The Morgan fingerprint density at radius 2 is 2.06 bits per heavy atom. The third-order valence-electron chi connectivity index (χ3n) is 2.20. The van der Waals surface area contributed by atoms with Gasteiger partial charge in [-0.1, -0.05) is 6.07 Å². The molecule has 2 nitrogen and oxygen atoms in total. The van der Waals surface area contributed by atoms with Crippen LogP contribution in [-0.4, -0.2) is 12.0 Å². The average Bonchev–Trinajstić information content (AvgIpc) is 2.76. The fraction of sp³-hybridized carbons (Fsp3) is 0.182. The van der Waals surface area contributed by atoms with E-state index in [9.17, 15) is 13.2 Å². The zero-order valence-corrected chi connectivity index (χ0v) is 9.77. The number of hydrogen-bond donors (Lipinski definition) is 0. The second kappa shape index (κ2) is 4.75. The van der Waals surface area contributed by atoms with Crippen LogP contribution in [0.2, 0.25) is 0 Å². The molecule has 2 aromatic rings. The predicted molar refractivity (Wildman–Crippen MR) is 60.5 cm³/mol. The molecule has 2 heterocycles. The molecule has 90 valence electrons. The van der Waals surface area contributed by atoms with Crippen molar-refractivity contribution < 1.29 is 13.2 Å². The largest absolute Gasteiger partial charge is 0.352 e. The molecule has 0 bridgehead atoms. The number of rotatable bonds is 3. The minimum Gasteiger partial charge on any atom is -0.352 e. The highest BCUT2D eigenvalue weighted by molar-refractivity contribution is 7.09. The molecule has 0 N–H and O–H groups in total. The first-order valence-corrected chi connectivity index (χ1v) is 5.71. The molecule has 0 unspecified atom stereocenters. The second-order valence-electron chi connectivity index (χ2n) is 3.50. The number of hydrogen-bond acceptors (Lipinski definition) is 3. The zero-order valence-electron chi connectivity index (χ0n) is 8.95. The van der Waals surface area contributed by atoms with E-state index in [1.165, 1.54) is 16.2 Å². The normalized spacial score (nSPS) is 10.6. The van der Waals surface area contributed by atoms with Crippen molar-refractivity contribution in [3.63, 3.8) is 0 Å². The maximum Gasteiger partial charge on any atom is 0.251 e. The van der Waals surface area contributed by atoms with Gasteiger partial charge in [-0.05, 0) is 11.4 Å². The van der Waals surface area contributed by atoms with E-state index in [4.69, 9.17) is 0 Å². The zero-order chi connectivity index (χ0) is 12.4. The molecule has 17 heavy (non-hydrogen) atoms. The van der Waals surface area contributed by atoms with Gasteiger partial charge in [0.2, 0.25) is 0 Å². The molecule has 0 aromatic carbocycles. The molecule has 2 aromatic heterocycles. The highest BCUT2D eigenvalue weighted by atomic mass is 32.1. The number of halogens is 3.